The Hall–Kier alpha value is -1.81. The number of carbonyl (C=O) groups excluding carboxylic acids is 1. The smallest absolute Gasteiger partial charge is 0.472 e. The van der Waals surface area contributed by atoms with Crippen molar-refractivity contribution >= 4 is 19.8 Å². The maximum atomic E-state index is 12.7. The molecule has 0 aromatic rings. The molecule has 0 fully saturated rings. The predicted octanol–water partition coefficient (Wildman–Crippen LogP) is 13.7. The van der Waals surface area contributed by atoms with Crippen molar-refractivity contribution in [2.45, 2.75) is 231 Å². The minimum atomic E-state index is -4.62. The van der Waals surface area contributed by atoms with E-state index in [1.807, 2.05) is 0 Å². The molecule has 0 amide bonds. The first-order valence-corrected chi connectivity index (χ1v) is 25.5. The molecule has 3 atom stereocenters. The lowest BCUT2D eigenvalue weighted by Crippen LogP contribution is -2.34. The molecule has 4 N–H and O–H groups in total. The van der Waals surface area contributed by atoms with E-state index >= 15 is 0 Å². The average Bonchev–Trinajstić information content (AvgIpc) is 3.21. The number of hydrogen-bond donors (Lipinski definition) is 3. The Labute approximate surface area is 361 Å². The molecule has 0 aliphatic rings. The molecule has 0 bridgehead atoms. The van der Waals surface area contributed by atoms with Crippen molar-refractivity contribution in [2.75, 3.05) is 26.4 Å². The van der Waals surface area contributed by atoms with Gasteiger partial charge < -0.3 is 25.2 Å². The van der Waals surface area contributed by atoms with E-state index in [0.29, 0.717) is 13.0 Å². The molecule has 346 valence electrons. The van der Waals surface area contributed by atoms with Gasteiger partial charge in [-0.2, -0.15) is 0 Å². The number of hydrogen-bond acceptors (Lipinski definition) is 8. The number of carbonyl (C=O) groups is 2. The van der Waals surface area contributed by atoms with Gasteiger partial charge in [-0.3, -0.25) is 18.6 Å². The summed E-state index contributed by atoms with van der Waals surface area (Å²) in [6.07, 6.45) is 50.6. The van der Waals surface area contributed by atoms with Crippen LogP contribution >= 0.6 is 7.82 Å². The maximum Gasteiger partial charge on any atom is 0.472 e. The number of carboxylic acids is 1. The van der Waals surface area contributed by atoms with Crippen LogP contribution in [-0.2, 0) is 32.7 Å². The molecular formula is C48H90NO9P. The van der Waals surface area contributed by atoms with Crippen LogP contribution in [0.4, 0.5) is 0 Å². The fraction of sp³-hybridized carbons (Fsp3) is 0.833. The van der Waals surface area contributed by atoms with Gasteiger partial charge in [0.15, 0.2) is 0 Å². The van der Waals surface area contributed by atoms with Crippen molar-refractivity contribution in [2.24, 2.45) is 5.73 Å². The topological polar surface area (TPSA) is 155 Å². The second kappa shape index (κ2) is 44.3. The number of ether oxygens (including phenoxy) is 2. The summed E-state index contributed by atoms with van der Waals surface area (Å²) in [5.41, 5.74) is 5.36. The Morgan fingerprint density at radius 1 is 0.559 bits per heavy atom. The number of phosphoric acid groups is 1. The maximum absolute atomic E-state index is 12.7. The van der Waals surface area contributed by atoms with Crippen LogP contribution in [0, 0.1) is 0 Å². The molecule has 59 heavy (non-hydrogen) atoms. The fourth-order valence-corrected chi connectivity index (χ4v) is 7.52. The van der Waals surface area contributed by atoms with Gasteiger partial charge in [-0.1, -0.05) is 204 Å². The molecule has 0 spiro atoms. The normalized spacial score (nSPS) is 14.1. The van der Waals surface area contributed by atoms with E-state index in [1.165, 1.54) is 135 Å². The number of allylic oxidation sites excluding steroid dienone is 6. The van der Waals surface area contributed by atoms with Gasteiger partial charge in [0.2, 0.25) is 0 Å². The number of aliphatic carboxylic acids is 1. The van der Waals surface area contributed by atoms with E-state index in [0.717, 1.165) is 57.8 Å². The summed E-state index contributed by atoms with van der Waals surface area (Å²) in [7, 11) is -4.62. The molecule has 0 heterocycles. The van der Waals surface area contributed by atoms with Crippen LogP contribution in [0.3, 0.4) is 0 Å². The van der Waals surface area contributed by atoms with E-state index in [-0.39, 0.29) is 13.0 Å². The molecule has 0 aliphatic carbocycles. The molecule has 10 nitrogen and oxygen atoms in total. The van der Waals surface area contributed by atoms with Gasteiger partial charge >= 0.3 is 19.8 Å². The minimum absolute atomic E-state index is 0.0106. The van der Waals surface area contributed by atoms with Crippen molar-refractivity contribution in [3.63, 3.8) is 0 Å². The van der Waals surface area contributed by atoms with E-state index in [4.69, 9.17) is 29.4 Å². The van der Waals surface area contributed by atoms with Gasteiger partial charge in [0.25, 0.3) is 0 Å². The van der Waals surface area contributed by atoms with Crippen LogP contribution in [0.5, 0.6) is 0 Å². The number of carboxylic acid groups (broad SMARTS) is 1. The van der Waals surface area contributed by atoms with Gasteiger partial charge in [-0.25, -0.2) is 4.57 Å². The van der Waals surface area contributed by atoms with Crippen LogP contribution in [-0.4, -0.2) is 60.5 Å². The largest absolute Gasteiger partial charge is 0.480 e. The van der Waals surface area contributed by atoms with E-state index in [1.54, 1.807) is 0 Å². The second-order valence-electron chi connectivity index (χ2n) is 16.2. The van der Waals surface area contributed by atoms with Crippen LogP contribution in [0.25, 0.3) is 0 Å². The van der Waals surface area contributed by atoms with Crippen molar-refractivity contribution < 1.29 is 42.7 Å². The number of phosphoric ester groups is 1. The van der Waals surface area contributed by atoms with Gasteiger partial charge in [-0.15, -0.1) is 0 Å². The summed E-state index contributed by atoms with van der Waals surface area (Å²) in [5.74, 6) is -1.78. The Bertz CT molecular complexity index is 1080. The second-order valence-corrected chi connectivity index (χ2v) is 17.7. The van der Waals surface area contributed by atoms with E-state index in [2.05, 4.69) is 50.3 Å². The molecule has 0 saturated heterocycles. The first-order valence-electron chi connectivity index (χ1n) is 24.0. The summed E-state index contributed by atoms with van der Waals surface area (Å²) in [6.45, 7) is 3.77. The van der Waals surface area contributed by atoms with Gasteiger partial charge in [0.1, 0.15) is 12.1 Å². The highest BCUT2D eigenvalue weighted by atomic mass is 31.2. The number of unbranched alkanes of at least 4 members (excludes halogenated alkanes) is 26. The van der Waals surface area contributed by atoms with Crippen LogP contribution < -0.4 is 5.73 Å². The summed E-state index contributed by atoms with van der Waals surface area (Å²) in [6, 6.07) is -1.47. The SMILES string of the molecule is CC/C=C\C/C=C\C/C=C\CCCCCCCCOCC(COP(=O)(O)OCC(N)C(=O)O)OC(=O)CCCCCCCCCCCCCCCCCCCCCCC. The Morgan fingerprint density at radius 2 is 0.983 bits per heavy atom. The average molecular weight is 856 g/mol. The van der Waals surface area contributed by atoms with Crippen LogP contribution in [0.15, 0.2) is 36.5 Å². The highest BCUT2D eigenvalue weighted by molar-refractivity contribution is 7.47. The fourth-order valence-electron chi connectivity index (χ4n) is 6.74. The summed E-state index contributed by atoms with van der Waals surface area (Å²) in [5, 5.41) is 8.91. The third-order valence-corrected chi connectivity index (χ3v) is 11.4. The molecular weight excluding hydrogens is 765 g/mol. The minimum Gasteiger partial charge on any atom is -0.480 e. The third kappa shape index (κ3) is 44.1. The van der Waals surface area contributed by atoms with Crippen molar-refractivity contribution in [1.82, 2.24) is 0 Å². The van der Waals surface area contributed by atoms with Crippen molar-refractivity contribution in [3.05, 3.63) is 36.5 Å². The highest BCUT2D eigenvalue weighted by Crippen LogP contribution is 2.43. The van der Waals surface area contributed by atoms with Crippen molar-refractivity contribution in [3.8, 4) is 0 Å². The zero-order valence-corrected chi connectivity index (χ0v) is 38.7. The zero-order chi connectivity index (χ0) is 43.3. The summed E-state index contributed by atoms with van der Waals surface area (Å²) in [4.78, 5) is 33.6. The first kappa shape index (κ1) is 57.2. The van der Waals surface area contributed by atoms with Gasteiger partial charge in [-0.05, 0) is 44.9 Å². The lowest BCUT2D eigenvalue weighted by atomic mass is 10.0. The van der Waals surface area contributed by atoms with E-state index < -0.39 is 45.1 Å². The quantitative estimate of drug-likeness (QED) is 0.0233. The molecule has 0 rings (SSSR count). The Morgan fingerprint density at radius 3 is 1.47 bits per heavy atom. The third-order valence-electron chi connectivity index (χ3n) is 10.4. The predicted molar refractivity (Wildman–Crippen MR) is 245 cm³/mol. The molecule has 0 aromatic heterocycles. The summed E-state index contributed by atoms with van der Waals surface area (Å²) < 4.78 is 33.4. The highest BCUT2D eigenvalue weighted by Gasteiger charge is 2.27. The molecule has 0 radical (unpaired) electrons. The molecule has 3 unspecified atom stereocenters. The lowest BCUT2D eigenvalue weighted by Gasteiger charge is -2.20. The monoisotopic (exact) mass is 856 g/mol. The van der Waals surface area contributed by atoms with Gasteiger partial charge in [0.05, 0.1) is 19.8 Å². The lowest BCUT2D eigenvalue weighted by molar-refractivity contribution is -0.154. The summed E-state index contributed by atoms with van der Waals surface area (Å²) >= 11 is 0. The Balaban J connectivity index is 4.15. The number of esters is 1. The molecule has 0 aliphatic heterocycles. The molecule has 0 aromatic carbocycles. The molecule has 0 saturated carbocycles. The molecule has 11 heteroatoms. The van der Waals surface area contributed by atoms with E-state index in [9.17, 15) is 19.0 Å². The zero-order valence-electron chi connectivity index (χ0n) is 37.9. The number of rotatable bonds is 46. The Kier molecular flexibility index (Phi) is 42.9. The standard InChI is InChI=1S/C48H90NO9P/c1-3-5-7-9-11-13-15-17-19-21-22-23-24-25-26-28-30-32-34-36-38-40-47(50)58-45(43-56-59(53,54)57-44-46(49)48(51)52)42-55-41-39-37-35-33-31-29-27-20-18-16-14-12-10-8-6-4-2/h6,8,12,14,18,20,45-46H,3-5,7,9-11,13,15-17,19,21-44,49H2,1-2H3,(H,51,52)(H,53,54)/b8-6-,14-12-,20-18-. The van der Waals surface area contributed by atoms with Crippen LogP contribution in [0.2, 0.25) is 0 Å². The van der Waals surface area contributed by atoms with Gasteiger partial charge in [0, 0.05) is 13.0 Å². The first-order chi connectivity index (χ1) is 28.7. The van der Waals surface area contributed by atoms with Crippen molar-refractivity contribution in [1.29, 1.82) is 0 Å². The van der Waals surface area contributed by atoms with Crippen LogP contribution in [0.1, 0.15) is 219 Å². The number of nitrogens with two attached hydrogens (primary N) is 1.